The fourth-order valence-corrected chi connectivity index (χ4v) is 2.80. The maximum Gasteiger partial charge on any atom is 0.258 e. The first kappa shape index (κ1) is 12.1. The third-order valence-electron chi connectivity index (χ3n) is 2.13. The van der Waals surface area contributed by atoms with Gasteiger partial charge in [-0.1, -0.05) is 11.8 Å². The molecule has 2 aromatic heterocycles. The second-order valence-corrected chi connectivity index (χ2v) is 5.05. The number of fused-ring (bicyclic) bond motifs is 1. The number of aliphatic imine (C=N–C) groups is 1. The number of rotatable bonds is 2. The molecule has 0 amide bonds. The third-order valence-corrected chi connectivity index (χ3v) is 3.99. The monoisotopic (exact) mass is 268 g/mol. The highest BCUT2D eigenvalue weighted by atomic mass is 32.2. The normalized spacial score (nSPS) is 12.0. The van der Waals surface area contributed by atoms with E-state index in [-0.39, 0.29) is 5.56 Å². The molecule has 2 aromatic rings. The van der Waals surface area contributed by atoms with E-state index in [0.29, 0.717) is 5.75 Å². The molecule has 0 bridgehead atoms. The van der Waals surface area contributed by atoms with Crippen LogP contribution in [0.1, 0.15) is 5.69 Å². The summed E-state index contributed by atoms with van der Waals surface area (Å²) >= 11 is 2.99. The van der Waals surface area contributed by atoms with Crippen molar-refractivity contribution in [1.82, 2.24) is 14.7 Å². The Labute approximate surface area is 107 Å². The molecular weight excluding hydrogens is 256 g/mol. The fraction of sp³-hybridized carbons (Fsp3) is 0.300. The summed E-state index contributed by atoms with van der Waals surface area (Å²) in [6, 6.07) is 1.57. The first-order valence-corrected chi connectivity index (χ1v) is 6.84. The molecule has 0 saturated heterocycles. The molecule has 0 saturated carbocycles. The zero-order valence-electron chi connectivity index (χ0n) is 9.51. The van der Waals surface area contributed by atoms with Crippen LogP contribution in [0.25, 0.3) is 4.96 Å². The lowest BCUT2D eigenvalue weighted by molar-refractivity contribution is 1.04. The van der Waals surface area contributed by atoms with E-state index in [1.54, 1.807) is 23.7 Å². The molecule has 2 heterocycles. The van der Waals surface area contributed by atoms with Crippen LogP contribution in [-0.4, -0.2) is 28.6 Å². The Morgan fingerprint density at radius 2 is 2.53 bits per heavy atom. The molecule has 0 unspecified atom stereocenters. The number of nitrogens with one attached hydrogen (secondary N) is 1. The topological polar surface area (TPSA) is 58.8 Å². The van der Waals surface area contributed by atoms with Gasteiger partial charge in [0.2, 0.25) is 0 Å². The van der Waals surface area contributed by atoms with Gasteiger partial charge >= 0.3 is 0 Å². The predicted molar refractivity (Wildman–Crippen MR) is 73.1 cm³/mol. The lowest BCUT2D eigenvalue weighted by atomic mass is 10.4. The van der Waals surface area contributed by atoms with Crippen LogP contribution in [0, 0.1) is 0 Å². The molecular formula is C10H12N4OS2. The molecule has 5 nitrogen and oxygen atoms in total. The van der Waals surface area contributed by atoms with Gasteiger partial charge in [0.05, 0.1) is 5.69 Å². The number of amidine groups is 1. The average molecular weight is 268 g/mol. The van der Waals surface area contributed by atoms with Gasteiger partial charge in [0.25, 0.3) is 5.56 Å². The van der Waals surface area contributed by atoms with Crippen LogP contribution >= 0.6 is 23.1 Å². The van der Waals surface area contributed by atoms with Crippen molar-refractivity contribution < 1.29 is 0 Å². The lowest BCUT2D eigenvalue weighted by Crippen LogP contribution is -2.16. The fourth-order valence-electron chi connectivity index (χ4n) is 1.35. The number of hydrogen-bond acceptors (Lipinski definition) is 5. The number of aromatic nitrogens is 2. The van der Waals surface area contributed by atoms with Gasteiger partial charge in [-0.2, -0.15) is 0 Å². The quantitative estimate of drug-likeness (QED) is 0.656. The predicted octanol–water partition coefficient (Wildman–Crippen LogP) is 1.19. The van der Waals surface area contributed by atoms with Gasteiger partial charge in [-0.25, -0.2) is 4.98 Å². The standard InChI is InChI=1S/C10H12N4OS2/c1-11-9(12-2)17-6-7-5-8(15)14-3-4-16-10(14)13-7/h3-5H,6H2,1-2H3,(H,11,12). The molecule has 2 rings (SSSR count). The Balaban J connectivity index is 2.22. The SMILES string of the molecule is CN=C(NC)SCc1cc(=O)n2ccsc2n1. The molecule has 17 heavy (non-hydrogen) atoms. The van der Waals surface area contributed by atoms with Crippen molar-refractivity contribution in [3.63, 3.8) is 0 Å². The minimum absolute atomic E-state index is 0.0358. The molecule has 0 spiro atoms. The van der Waals surface area contributed by atoms with Crippen LogP contribution in [0.5, 0.6) is 0 Å². The number of thioether (sulfide) groups is 1. The van der Waals surface area contributed by atoms with Gasteiger partial charge in [0.15, 0.2) is 10.1 Å². The van der Waals surface area contributed by atoms with Crippen molar-refractivity contribution in [2.24, 2.45) is 4.99 Å². The van der Waals surface area contributed by atoms with E-state index >= 15 is 0 Å². The smallest absolute Gasteiger partial charge is 0.258 e. The molecule has 7 heteroatoms. The van der Waals surface area contributed by atoms with Gasteiger partial charge in [-0.3, -0.25) is 14.2 Å². The van der Waals surface area contributed by atoms with Crippen LogP contribution in [-0.2, 0) is 5.75 Å². The van der Waals surface area contributed by atoms with E-state index in [9.17, 15) is 4.79 Å². The second kappa shape index (κ2) is 5.33. The van der Waals surface area contributed by atoms with Gasteiger partial charge in [0.1, 0.15) is 0 Å². The maximum absolute atomic E-state index is 11.7. The molecule has 0 atom stereocenters. The molecule has 1 N–H and O–H groups in total. The highest BCUT2D eigenvalue weighted by Gasteiger charge is 2.04. The Kier molecular flexibility index (Phi) is 3.80. The van der Waals surface area contributed by atoms with E-state index in [1.807, 2.05) is 12.4 Å². The molecule has 0 aliphatic heterocycles. The van der Waals surface area contributed by atoms with E-state index < -0.39 is 0 Å². The van der Waals surface area contributed by atoms with Crippen molar-refractivity contribution >= 4 is 33.2 Å². The number of hydrogen-bond donors (Lipinski definition) is 1. The zero-order valence-corrected chi connectivity index (χ0v) is 11.1. The summed E-state index contributed by atoms with van der Waals surface area (Å²) in [4.78, 5) is 20.9. The first-order chi connectivity index (χ1) is 8.24. The van der Waals surface area contributed by atoms with Gasteiger partial charge in [-0.15, -0.1) is 11.3 Å². The van der Waals surface area contributed by atoms with Crippen molar-refractivity contribution in [2.75, 3.05) is 14.1 Å². The largest absolute Gasteiger partial charge is 0.368 e. The lowest BCUT2D eigenvalue weighted by Gasteiger charge is -2.03. The molecule has 0 fully saturated rings. The van der Waals surface area contributed by atoms with Crippen molar-refractivity contribution in [3.8, 4) is 0 Å². The summed E-state index contributed by atoms with van der Waals surface area (Å²) in [5, 5.41) is 5.66. The summed E-state index contributed by atoms with van der Waals surface area (Å²) in [5.74, 6) is 0.636. The summed E-state index contributed by atoms with van der Waals surface area (Å²) in [6.45, 7) is 0. The first-order valence-electron chi connectivity index (χ1n) is 4.97. The minimum atomic E-state index is -0.0358. The zero-order chi connectivity index (χ0) is 12.3. The van der Waals surface area contributed by atoms with Crippen molar-refractivity contribution in [3.05, 3.63) is 33.7 Å². The summed E-state index contributed by atoms with van der Waals surface area (Å²) < 4.78 is 1.55. The molecule has 0 aliphatic carbocycles. The molecule has 0 aliphatic rings. The Hall–Kier alpha value is -1.34. The van der Waals surface area contributed by atoms with Crippen LogP contribution in [0.3, 0.4) is 0 Å². The molecule has 90 valence electrons. The van der Waals surface area contributed by atoms with Crippen LogP contribution < -0.4 is 10.9 Å². The second-order valence-electron chi connectivity index (χ2n) is 3.21. The Morgan fingerprint density at radius 3 is 3.24 bits per heavy atom. The van der Waals surface area contributed by atoms with Gasteiger partial charge < -0.3 is 5.32 Å². The molecule has 0 aromatic carbocycles. The van der Waals surface area contributed by atoms with Crippen LogP contribution in [0.4, 0.5) is 0 Å². The van der Waals surface area contributed by atoms with Crippen LogP contribution in [0.2, 0.25) is 0 Å². The van der Waals surface area contributed by atoms with Gasteiger partial charge in [0, 0.05) is 37.5 Å². The van der Waals surface area contributed by atoms with Gasteiger partial charge in [-0.05, 0) is 0 Å². The third kappa shape index (κ3) is 2.67. The summed E-state index contributed by atoms with van der Waals surface area (Å²) in [6.07, 6.45) is 1.73. The number of thiazole rings is 1. The van der Waals surface area contributed by atoms with E-state index in [2.05, 4.69) is 15.3 Å². The summed E-state index contributed by atoms with van der Waals surface area (Å²) in [7, 11) is 3.55. The molecule has 0 radical (unpaired) electrons. The van der Waals surface area contributed by atoms with E-state index in [1.165, 1.54) is 23.1 Å². The Morgan fingerprint density at radius 1 is 1.71 bits per heavy atom. The highest BCUT2D eigenvalue weighted by molar-refractivity contribution is 8.13. The Bertz CT molecular complexity index is 602. The maximum atomic E-state index is 11.7. The van der Waals surface area contributed by atoms with E-state index in [4.69, 9.17) is 0 Å². The minimum Gasteiger partial charge on any atom is -0.368 e. The summed E-state index contributed by atoms with van der Waals surface area (Å²) in [5.41, 5.74) is 0.741. The van der Waals surface area contributed by atoms with E-state index in [0.717, 1.165) is 15.8 Å². The average Bonchev–Trinajstić information content (AvgIpc) is 2.79. The highest BCUT2D eigenvalue weighted by Crippen LogP contribution is 2.12. The van der Waals surface area contributed by atoms with Crippen LogP contribution in [0.15, 0.2) is 27.4 Å². The van der Waals surface area contributed by atoms with Crippen molar-refractivity contribution in [1.29, 1.82) is 0 Å². The van der Waals surface area contributed by atoms with Crippen molar-refractivity contribution in [2.45, 2.75) is 5.75 Å². The number of nitrogens with zero attached hydrogens (tertiary/aromatic N) is 3.